The first-order valence-corrected chi connectivity index (χ1v) is 10.1. The predicted octanol–water partition coefficient (Wildman–Crippen LogP) is 4.34. The van der Waals surface area contributed by atoms with Crippen LogP contribution in [0.1, 0.15) is 48.0 Å². The van der Waals surface area contributed by atoms with Crippen molar-refractivity contribution in [3.63, 3.8) is 0 Å². The van der Waals surface area contributed by atoms with E-state index in [9.17, 15) is 9.59 Å². The highest BCUT2D eigenvalue weighted by Gasteiger charge is 2.41. The maximum Gasteiger partial charge on any atom is 0.322 e. The predicted molar refractivity (Wildman–Crippen MR) is 110 cm³/mol. The Labute approximate surface area is 166 Å². The highest BCUT2D eigenvalue weighted by Crippen LogP contribution is 2.34. The number of anilines is 1. The standard InChI is InChI=1S/C23H27N3O2/c1-16-7-5-10-18(13-16)25-23(28)26-20-11-6-12-21(26)15-19(14-20)24-22(27)17-8-3-2-4-9-17/h2-5,7-10,13,19-21H,6,11-12,14-15H2,1H3,(H,24,27)(H,25,28)/t19?,20-,21+. The van der Waals surface area contributed by atoms with Crippen molar-refractivity contribution >= 4 is 17.6 Å². The van der Waals surface area contributed by atoms with E-state index in [-0.39, 0.29) is 30.1 Å². The van der Waals surface area contributed by atoms with Crippen LogP contribution in [0.4, 0.5) is 10.5 Å². The minimum atomic E-state index is -0.0265. The summed E-state index contributed by atoms with van der Waals surface area (Å²) in [6.45, 7) is 2.02. The first kappa shape index (κ1) is 18.5. The van der Waals surface area contributed by atoms with Crippen molar-refractivity contribution in [3.8, 4) is 0 Å². The zero-order chi connectivity index (χ0) is 19.5. The summed E-state index contributed by atoms with van der Waals surface area (Å²) in [4.78, 5) is 27.5. The SMILES string of the molecule is Cc1cccc(NC(=O)N2[C@@H]3CCC[C@H]2CC(NC(=O)c2ccccc2)C3)c1. The molecule has 28 heavy (non-hydrogen) atoms. The molecule has 1 unspecified atom stereocenters. The molecule has 0 aromatic heterocycles. The molecule has 0 aliphatic carbocycles. The van der Waals surface area contributed by atoms with E-state index in [4.69, 9.17) is 0 Å². The van der Waals surface area contributed by atoms with Gasteiger partial charge in [0.15, 0.2) is 0 Å². The number of hydrogen-bond donors (Lipinski definition) is 2. The summed E-state index contributed by atoms with van der Waals surface area (Å²) in [6, 6.07) is 17.7. The minimum absolute atomic E-state index is 0.0202. The van der Waals surface area contributed by atoms with Crippen LogP contribution < -0.4 is 10.6 Å². The second-order valence-corrected chi connectivity index (χ2v) is 7.95. The molecule has 5 nitrogen and oxygen atoms in total. The molecule has 3 amide bonds. The second kappa shape index (κ2) is 8.05. The summed E-state index contributed by atoms with van der Waals surface area (Å²) in [5.41, 5.74) is 2.65. The number of carbonyl (C=O) groups excluding carboxylic acids is 2. The van der Waals surface area contributed by atoms with Gasteiger partial charge in [-0.3, -0.25) is 4.79 Å². The van der Waals surface area contributed by atoms with Crippen molar-refractivity contribution in [2.45, 2.75) is 57.2 Å². The molecule has 5 heteroatoms. The molecule has 0 spiro atoms. The van der Waals surface area contributed by atoms with E-state index in [1.807, 2.05) is 66.4 Å². The zero-order valence-corrected chi connectivity index (χ0v) is 16.2. The molecular formula is C23H27N3O2. The molecule has 2 aliphatic rings. The van der Waals surface area contributed by atoms with Gasteiger partial charge >= 0.3 is 6.03 Å². The van der Waals surface area contributed by atoms with E-state index in [0.29, 0.717) is 5.56 Å². The van der Waals surface area contributed by atoms with Gasteiger partial charge in [-0.05, 0) is 68.9 Å². The zero-order valence-electron chi connectivity index (χ0n) is 16.2. The number of nitrogens with one attached hydrogen (secondary N) is 2. The number of nitrogens with zero attached hydrogens (tertiary/aromatic N) is 1. The molecule has 2 aliphatic heterocycles. The summed E-state index contributed by atoms with van der Waals surface area (Å²) in [5, 5.41) is 6.25. The maximum atomic E-state index is 13.0. The van der Waals surface area contributed by atoms with Crippen molar-refractivity contribution in [2.75, 3.05) is 5.32 Å². The number of benzene rings is 2. The van der Waals surface area contributed by atoms with Crippen molar-refractivity contribution in [3.05, 3.63) is 65.7 Å². The quantitative estimate of drug-likeness (QED) is 0.836. The highest BCUT2D eigenvalue weighted by molar-refractivity contribution is 5.94. The normalized spacial score (nSPS) is 23.8. The summed E-state index contributed by atoms with van der Waals surface area (Å²) >= 11 is 0. The van der Waals surface area contributed by atoms with E-state index < -0.39 is 0 Å². The van der Waals surface area contributed by atoms with Gasteiger partial charge in [-0.15, -0.1) is 0 Å². The molecule has 2 heterocycles. The number of piperidine rings is 2. The molecular weight excluding hydrogens is 350 g/mol. The van der Waals surface area contributed by atoms with Crippen LogP contribution in [0.2, 0.25) is 0 Å². The topological polar surface area (TPSA) is 61.4 Å². The fourth-order valence-corrected chi connectivity index (χ4v) is 4.60. The first-order chi connectivity index (χ1) is 13.6. The molecule has 4 rings (SSSR count). The Hall–Kier alpha value is -2.82. The van der Waals surface area contributed by atoms with E-state index in [0.717, 1.165) is 43.4 Å². The van der Waals surface area contributed by atoms with Gasteiger partial charge in [-0.25, -0.2) is 4.79 Å². The molecule has 2 N–H and O–H groups in total. The van der Waals surface area contributed by atoms with Crippen LogP contribution in [0.25, 0.3) is 0 Å². The first-order valence-electron chi connectivity index (χ1n) is 10.1. The number of fused-ring (bicyclic) bond motifs is 2. The Kier molecular flexibility index (Phi) is 5.33. The third-order valence-corrected chi connectivity index (χ3v) is 5.85. The molecule has 146 valence electrons. The lowest BCUT2D eigenvalue weighted by Gasteiger charge is -2.48. The van der Waals surface area contributed by atoms with Gasteiger partial charge in [0, 0.05) is 29.4 Å². The van der Waals surface area contributed by atoms with Gasteiger partial charge in [-0.2, -0.15) is 0 Å². The third kappa shape index (κ3) is 4.03. The van der Waals surface area contributed by atoms with Crippen LogP contribution in [-0.4, -0.2) is 35.0 Å². The largest absolute Gasteiger partial charge is 0.349 e. The van der Waals surface area contributed by atoms with Crippen LogP contribution in [0.15, 0.2) is 54.6 Å². The van der Waals surface area contributed by atoms with Crippen molar-refractivity contribution in [1.82, 2.24) is 10.2 Å². The number of rotatable bonds is 3. The second-order valence-electron chi connectivity index (χ2n) is 7.95. The van der Waals surface area contributed by atoms with Gasteiger partial charge < -0.3 is 15.5 Å². The molecule has 2 aromatic carbocycles. The Morgan fingerprint density at radius 1 is 0.964 bits per heavy atom. The van der Waals surface area contributed by atoms with E-state index in [1.54, 1.807) is 0 Å². The van der Waals surface area contributed by atoms with E-state index in [1.165, 1.54) is 0 Å². The Morgan fingerprint density at radius 2 is 1.68 bits per heavy atom. The fourth-order valence-electron chi connectivity index (χ4n) is 4.60. The lowest BCUT2D eigenvalue weighted by molar-refractivity contribution is 0.0577. The number of urea groups is 1. The van der Waals surface area contributed by atoms with Gasteiger partial charge in [0.25, 0.3) is 5.91 Å². The van der Waals surface area contributed by atoms with Crippen molar-refractivity contribution < 1.29 is 9.59 Å². The van der Waals surface area contributed by atoms with Crippen LogP contribution in [0.3, 0.4) is 0 Å². The van der Waals surface area contributed by atoms with E-state index in [2.05, 4.69) is 10.6 Å². The summed E-state index contributed by atoms with van der Waals surface area (Å²) in [5.74, 6) is -0.0265. The van der Waals surface area contributed by atoms with Gasteiger partial charge in [0.05, 0.1) is 0 Å². The molecule has 2 aromatic rings. The van der Waals surface area contributed by atoms with Crippen LogP contribution >= 0.6 is 0 Å². The molecule has 0 saturated carbocycles. The summed E-state index contributed by atoms with van der Waals surface area (Å²) < 4.78 is 0. The molecule has 3 atom stereocenters. The summed E-state index contributed by atoms with van der Waals surface area (Å²) in [7, 11) is 0. The number of aryl methyl sites for hydroxylation is 1. The average Bonchev–Trinajstić information content (AvgIpc) is 2.68. The number of carbonyl (C=O) groups is 2. The molecule has 2 bridgehead atoms. The molecule has 2 saturated heterocycles. The fraction of sp³-hybridized carbons (Fsp3) is 0.391. The van der Waals surface area contributed by atoms with Crippen LogP contribution in [0, 0.1) is 6.92 Å². The molecule has 2 fully saturated rings. The number of hydrogen-bond acceptors (Lipinski definition) is 2. The van der Waals surface area contributed by atoms with Crippen molar-refractivity contribution in [1.29, 1.82) is 0 Å². The van der Waals surface area contributed by atoms with Crippen molar-refractivity contribution in [2.24, 2.45) is 0 Å². The van der Waals surface area contributed by atoms with Crippen LogP contribution in [-0.2, 0) is 0 Å². The van der Waals surface area contributed by atoms with Gasteiger partial charge in [0.1, 0.15) is 0 Å². The van der Waals surface area contributed by atoms with E-state index >= 15 is 0 Å². The van der Waals surface area contributed by atoms with Gasteiger partial charge in [0.2, 0.25) is 0 Å². The highest BCUT2D eigenvalue weighted by atomic mass is 16.2. The van der Waals surface area contributed by atoms with Crippen LogP contribution in [0.5, 0.6) is 0 Å². The maximum absolute atomic E-state index is 13.0. The molecule has 0 radical (unpaired) electrons. The Bertz CT molecular complexity index is 838. The Morgan fingerprint density at radius 3 is 2.36 bits per heavy atom. The smallest absolute Gasteiger partial charge is 0.322 e. The summed E-state index contributed by atoms with van der Waals surface area (Å²) in [6.07, 6.45) is 4.76. The lowest BCUT2D eigenvalue weighted by Crippen LogP contribution is -2.59. The third-order valence-electron chi connectivity index (χ3n) is 5.85. The Balaban J connectivity index is 1.42. The van der Waals surface area contributed by atoms with Gasteiger partial charge in [-0.1, -0.05) is 30.3 Å². The lowest BCUT2D eigenvalue weighted by atomic mass is 9.82. The monoisotopic (exact) mass is 377 g/mol. The minimum Gasteiger partial charge on any atom is -0.349 e. The average molecular weight is 377 g/mol. The number of amides is 3.